The van der Waals surface area contributed by atoms with Crippen molar-refractivity contribution in [3.05, 3.63) is 150 Å². The second-order valence-corrected chi connectivity index (χ2v) is 11.2. The highest BCUT2D eigenvalue weighted by Gasteiger charge is 2.23. The minimum Gasteiger partial charge on any atom is -0.456 e. The molecule has 1 unspecified atom stereocenters. The fourth-order valence-corrected chi connectivity index (χ4v) is 6.82. The Hall–Kier alpha value is -5.41. The first-order chi connectivity index (χ1) is 20.8. The SMILES string of the molecule is C1=CC(c2ccc3c(c2)c2c4ccccc4ccc2n3-c2cc(-c3ccccc3)ccn2)Cc2c1oc1ccccc21. The fraction of sp³-hybridized carbons (Fsp3) is 0.0513. The quantitative estimate of drug-likeness (QED) is 0.224. The number of aromatic nitrogens is 2. The summed E-state index contributed by atoms with van der Waals surface area (Å²) in [5.74, 6) is 2.18. The van der Waals surface area contributed by atoms with Gasteiger partial charge in [-0.2, -0.15) is 0 Å². The molecule has 5 aromatic carbocycles. The molecule has 0 radical (unpaired) electrons. The molecular formula is C39H26N2O. The van der Waals surface area contributed by atoms with Gasteiger partial charge in [0, 0.05) is 33.8 Å². The number of hydrogen-bond acceptors (Lipinski definition) is 2. The van der Waals surface area contributed by atoms with E-state index < -0.39 is 0 Å². The van der Waals surface area contributed by atoms with Gasteiger partial charge in [-0.3, -0.25) is 4.57 Å². The summed E-state index contributed by atoms with van der Waals surface area (Å²) < 4.78 is 8.47. The summed E-state index contributed by atoms with van der Waals surface area (Å²) in [5.41, 5.74) is 8.25. The minimum absolute atomic E-state index is 0.274. The van der Waals surface area contributed by atoms with E-state index in [1.807, 2.05) is 12.3 Å². The Balaban J connectivity index is 1.26. The first kappa shape index (κ1) is 23.3. The first-order valence-corrected chi connectivity index (χ1v) is 14.5. The number of para-hydroxylation sites is 1. The van der Waals surface area contributed by atoms with Crippen molar-refractivity contribution < 1.29 is 4.42 Å². The molecule has 3 heteroatoms. The molecule has 0 saturated carbocycles. The van der Waals surface area contributed by atoms with Crippen LogP contribution in [0, 0.1) is 0 Å². The largest absolute Gasteiger partial charge is 0.456 e. The Morgan fingerprint density at radius 2 is 1.48 bits per heavy atom. The van der Waals surface area contributed by atoms with Gasteiger partial charge in [-0.05, 0) is 76.4 Å². The highest BCUT2D eigenvalue weighted by Crippen LogP contribution is 2.41. The minimum atomic E-state index is 0.274. The number of nitrogens with zero attached hydrogens (tertiary/aromatic N) is 2. The number of fused-ring (bicyclic) bond motifs is 8. The van der Waals surface area contributed by atoms with Crippen molar-refractivity contribution in [2.24, 2.45) is 0 Å². The molecule has 42 heavy (non-hydrogen) atoms. The molecule has 8 aromatic rings. The summed E-state index contributed by atoms with van der Waals surface area (Å²) in [6.07, 6.45) is 7.30. The molecule has 0 saturated heterocycles. The molecule has 3 aromatic heterocycles. The van der Waals surface area contributed by atoms with Gasteiger partial charge in [0.1, 0.15) is 17.2 Å². The molecule has 3 heterocycles. The van der Waals surface area contributed by atoms with Crippen molar-refractivity contribution in [1.82, 2.24) is 9.55 Å². The van der Waals surface area contributed by atoms with Crippen LogP contribution in [0.5, 0.6) is 0 Å². The Kier molecular flexibility index (Phi) is 5.02. The van der Waals surface area contributed by atoms with Crippen LogP contribution in [0.25, 0.3) is 66.6 Å². The fourth-order valence-electron chi connectivity index (χ4n) is 6.82. The van der Waals surface area contributed by atoms with Gasteiger partial charge in [0.15, 0.2) is 0 Å². The van der Waals surface area contributed by atoms with Gasteiger partial charge < -0.3 is 4.42 Å². The van der Waals surface area contributed by atoms with Crippen molar-refractivity contribution in [2.45, 2.75) is 12.3 Å². The molecule has 0 fully saturated rings. The average molecular weight is 539 g/mol. The van der Waals surface area contributed by atoms with Crippen LogP contribution in [0.4, 0.5) is 0 Å². The third-order valence-corrected chi connectivity index (χ3v) is 8.82. The van der Waals surface area contributed by atoms with Gasteiger partial charge in [-0.1, -0.05) is 91.0 Å². The van der Waals surface area contributed by atoms with Crippen molar-refractivity contribution in [1.29, 1.82) is 0 Å². The van der Waals surface area contributed by atoms with Gasteiger partial charge in [0.05, 0.1) is 11.0 Å². The van der Waals surface area contributed by atoms with E-state index >= 15 is 0 Å². The van der Waals surface area contributed by atoms with Crippen LogP contribution in [-0.2, 0) is 6.42 Å². The Morgan fingerprint density at radius 1 is 0.667 bits per heavy atom. The summed E-state index contributed by atoms with van der Waals surface area (Å²) in [6, 6.07) is 43.3. The predicted octanol–water partition coefficient (Wildman–Crippen LogP) is 10.1. The Bertz CT molecular complexity index is 2340. The van der Waals surface area contributed by atoms with E-state index in [0.29, 0.717) is 0 Å². The lowest BCUT2D eigenvalue weighted by molar-refractivity contribution is 0.592. The summed E-state index contributed by atoms with van der Waals surface area (Å²) in [4.78, 5) is 4.89. The van der Waals surface area contributed by atoms with Crippen LogP contribution < -0.4 is 0 Å². The van der Waals surface area contributed by atoms with Gasteiger partial charge in [-0.25, -0.2) is 4.98 Å². The highest BCUT2D eigenvalue weighted by atomic mass is 16.3. The topological polar surface area (TPSA) is 31.0 Å². The van der Waals surface area contributed by atoms with Crippen molar-refractivity contribution in [3.63, 3.8) is 0 Å². The zero-order chi connectivity index (χ0) is 27.6. The normalized spacial score (nSPS) is 14.7. The molecule has 1 atom stereocenters. The number of hydrogen-bond donors (Lipinski definition) is 0. The molecule has 1 aliphatic rings. The zero-order valence-electron chi connectivity index (χ0n) is 22.9. The van der Waals surface area contributed by atoms with E-state index in [1.54, 1.807) is 0 Å². The predicted molar refractivity (Wildman–Crippen MR) is 173 cm³/mol. The van der Waals surface area contributed by atoms with Crippen LogP contribution >= 0.6 is 0 Å². The van der Waals surface area contributed by atoms with E-state index in [2.05, 4.69) is 132 Å². The second-order valence-electron chi connectivity index (χ2n) is 11.2. The van der Waals surface area contributed by atoms with Crippen LogP contribution in [-0.4, -0.2) is 9.55 Å². The van der Waals surface area contributed by atoms with E-state index in [9.17, 15) is 0 Å². The van der Waals surface area contributed by atoms with Gasteiger partial charge in [0.25, 0.3) is 0 Å². The van der Waals surface area contributed by atoms with Crippen LogP contribution in [0.3, 0.4) is 0 Å². The molecular weight excluding hydrogens is 512 g/mol. The van der Waals surface area contributed by atoms with Crippen molar-refractivity contribution in [2.75, 3.05) is 0 Å². The number of allylic oxidation sites excluding steroid dienone is 1. The molecule has 9 rings (SSSR count). The number of rotatable bonds is 3. The molecule has 0 amide bonds. The molecule has 3 nitrogen and oxygen atoms in total. The molecule has 0 spiro atoms. The molecule has 1 aliphatic carbocycles. The van der Waals surface area contributed by atoms with Crippen molar-refractivity contribution in [3.8, 4) is 16.9 Å². The maximum absolute atomic E-state index is 6.15. The van der Waals surface area contributed by atoms with Crippen LogP contribution in [0.15, 0.2) is 138 Å². The maximum Gasteiger partial charge on any atom is 0.138 e. The lowest BCUT2D eigenvalue weighted by Gasteiger charge is -2.17. The Labute approximate surface area is 243 Å². The monoisotopic (exact) mass is 538 g/mol. The van der Waals surface area contributed by atoms with Gasteiger partial charge in [0.2, 0.25) is 0 Å². The lowest BCUT2D eigenvalue weighted by Crippen LogP contribution is -2.04. The third kappa shape index (κ3) is 3.50. The molecule has 0 N–H and O–H groups in total. The first-order valence-electron chi connectivity index (χ1n) is 14.5. The average Bonchev–Trinajstić information content (AvgIpc) is 3.60. The maximum atomic E-state index is 6.15. The second kappa shape index (κ2) is 9.05. The number of benzene rings is 5. The van der Waals surface area contributed by atoms with E-state index in [1.165, 1.54) is 49.1 Å². The standard InChI is InChI=1S/C39H26N2O/c1-2-8-25(9-3-1)29-20-21-40-38(24-29)41-34-17-15-27(23-33(34)39-30-11-5-4-10-26(30)14-18-35(39)41)28-16-19-37-32(22-28)31-12-6-7-13-36(31)42-37/h1-21,23-24,28H,22H2. The van der Waals surface area contributed by atoms with E-state index in [0.717, 1.165) is 34.7 Å². The molecule has 198 valence electrons. The number of furan rings is 1. The van der Waals surface area contributed by atoms with Crippen LogP contribution in [0.1, 0.15) is 22.8 Å². The lowest BCUT2D eigenvalue weighted by atomic mass is 9.86. The van der Waals surface area contributed by atoms with Gasteiger partial charge in [-0.15, -0.1) is 0 Å². The molecule has 0 bridgehead atoms. The molecule has 0 aliphatic heterocycles. The highest BCUT2D eigenvalue weighted by molar-refractivity contribution is 6.21. The zero-order valence-corrected chi connectivity index (χ0v) is 22.9. The smallest absolute Gasteiger partial charge is 0.138 e. The summed E-state index contributed by atoms with van der Waals surface area (Å²) in [6.45, 7) is 0. The van der Waals surface area contributed by atoms with Gasteiger partial charge >= 0.3 is 0 Å². The van der Waals surface area contributed by atoms with Crippen LogP contribution in [0.2, 0.25) is 0 Å². The third-order valence-electron chi connectivity index (χ3n) is 8.82. The number of pyridine rings is 1. The van der Waals surface area contributed by atoms with Crippen molar-refractivity contribution >= 4 is 49.6 Å². The summed E-state index contributed by atoms with van der Waals surface area (Å²) >= 11 is 0. The van der Waals surface area contributed by atoms with E-state index in [4.69, 9.17) is 9.40 Å². The summed E-state index contributed by atoms with van der Waals surface area (Å²) in [7, 11) is 0. The summed E-state index contributed by atoms with van der Waals surface area (Å²) in [5, 5.41) is 6.24. The van der Waals surface area contributed by atoms with E-state index in [-0.39, 0.29) is 5.92 Å². The Morgan fingerprint density at radius 3 is 2.40 bits per heavy atom.